The monoisotopic (exact) mass is 286 g/mol. The molecule has 0 aromatic carbocycles. The molecule has 2 heterocycles. The second kappa shape index (κ2) is 5.90. The molecule has 1 aromatic rings. The topological polar surface area (TPSA) is 82.2 Å². The number of aryl methyl sites for hydroxylation is 1. The van der Waals surface area contributed by atoms with Crippen LogP contribution in [0.1, 0.15) is 18.5 Å². The van der Waals surface area contributed by atoms with Gasteiger partial charge in [0.05, 0.1) is 22.3 Å². The van der Waals surface area contributed by atoms with Crippen molar-refractivity contribution in [2.24, 2.45) is 18.2 Å². The standard InChI is InChI=1S/C12H19ClN4O2/c1-17-10(9(13)6-16-17)7-15-8-12(11(14)18)2-4-19-5-3-12/h6,15H,2-5,7-8H2,1H3,(H2,14,18). The number of amides is 1. The van der Waals surface area contributed by atoms with E-state index in [2.05, 4.69) is 10.4 Å². The largest absolute Gasteiger partial charge is 0.381 e. The van der Waals surface area contributed by atoms with Gasteiger partial charge in [0.2, 0.25) is 5.91 Å². The van der Waals surface area contributed by atoms with Crippen LogP contribution in [0.25, 0.3) is 0 Å². The van der Waals surface area contributed by atoms with Gasteiger partial charge in [-0.05, 0) is 12.8 Å². The molecule has 2 rings (SSSR count). The number of rotatable bonds is 5. The summed E-state index contributed by atoms with van der Waals surface area (Å²) in [5.41, 5.74) is 5.93. The number of aromatic nitrogens is 2. The van der Waals surface area contributed by atoms with Crippen molar-refractivity contribution in [3.8, 4) is 0 Å². The van der Waals surface area contributed by atoms with E-state index >= 15 is 0 Å². The second-order valence-electron chi connectivity index (χ2n) is 4.92. The lowest BCUT2D eigenvalue weighted by atomic mass is 9.79. The second-order valence-corrected chi connectivity index (χ2v) is 5.33. The van der Waals surface area contributed by atoms with Gasteiger partial charge in [-0.3, -0.25) is 9.48 Å². The maximum Gasteiger partial charge on any atom is 0.225 e. The normalized spacial score (nSPS) is 18.4. The van der Waals surface area contributed by atoms with Crippen molar-refractivity contribution in [1.29, 1.82) is 0 Å². The Hall–Kier alpha value is -1.11. The van der Waals surface area contributed by atoms with Crippen molar-refractivity contribution < 1.29 is 9.53 Å². The summed E-state index contributed by atoms with van der Waals surface area (Å²) < 4.78 is 7.01. The lowest BCUT2D eigenvalue weighted by Gasteiger charge is -2.34. The molecule has 106 valence electrons. The van der Waals surface area contributed by atoms with E-state index in [0.29, 0.717) is 44.2 Å². The molecule has 1 saturated heterocycles. The first-order valence-electron chi connectivity index (χ1n) is 6.30. The smallest absolute Gasteiger partial charge is 0.225 e. The van der Waals surface area contributed by atoms with E-state index in [1.807, 2.05) is 7.05 Å². The molecule has 3 N–H and O–H groups in total. The van der Waals surface area contributed by atoms with E-state index in [1.54, 1.807) is 10.9 Å². The van der Waals surface area contributed by atoms with Crippen molar-refractivity contribution in [3.63, 3.8) is 0 Å². The van der Waals surface area contributed by atoms with Gasteiger partial charge in [0.1, 0.15) is 0 Å². The van der Waals surface area contributed by atoms with E-state index in [1.165, 1.54) is 0 Å². The van der Waals surface area contributed by atoms with Crippen molar-refractivity contribution in [2.45, 2.75) is 19.4 Å². The fraction of sp³-hybridized carbons (Fsp3) is 0.667. The third kappa shape index (κ3) is 3.08. The van der Waals surface area contributed by atoms with Crippen LogP contribution in [-0.4, -0.2) is 35.4 Å². The predicted octanol–water partition coefficient (Wildman–Crippen LogP) is 0.445. The van der Waals surface area contributed by atoms with Gasteiger partial charge in [-0.25, -0.2) is 0 Å². The van der Waals surface area contributed by atoms with Crippen molar-refractivity contribution in [3.05, 3.63) is 16.9 Å². The summed E-state index contributed by atoms with van der Waals surface area (Å²) in [7, 11) is 1.83. The fourth-order valence-electron chi connectivity index (χ4n) is 2.33. The third-order valence-corrected chi connectivity index (χ3v) is 4.05. The number of halogens is 1. The molecule has 1 aliphatic rings. The van der Waals surface area contributed by atoms with Crippen LogP contribution in [0.15, 0.2) is 6.20 Å². The molecule has 1 aromatic heterocycles. The minimum atomic E-state index is -0.511. The van der Waals surface area contributed by atoms with E-state index in [9.17, 15) is 4.79 Å². The number of carbonyl (C=O) groups is 1. The Morgan fingerprint density at radius 2 is 2.32 bits per heavy atom. The molecule has 0 aliphatic carbocycles. The predicted molar refractivity (Wildman–Crippen MR) is 71.6 cm³/mol. The molecule has 0 radical (unpaired) electrons. The first-order valence-corrected chi connectivity index (χ1v) is 6.68. The molecule has 1 amide bonds. The molecule has 1 aliphatic heterocycles. The van der Waals surface area contributed by atoms with Crippen LogP contribution >= 0.6 is 11.6 Å². The number of hydrogen-bond acceptors (Lipinski definition) is 4. The lowest BCUT2D eigenvalue weighted by molar-refractivity contribution is -0.132. The minimum Gasteiger partial charge on any atom is -0.381 e. The lowest BCUT2D eigenvalue weighted by Crippen LogP contribution is -2.48. The highest BCUT2D eigenvalue weighted by Gasteiger charge is 2.38. The Kier molecular flexibility index (Phi) is 4.44. The van der Waals surface area contributed by atoms with Crippen LogP contribution in [0, 0.1) is 5.41 Å². The summed E-state index contributed by atoms with van der Waals surface area (Å²) in [4.78, 5) is 11.7. The highest BCUT2D eigenvalue weighted by Crippen LogP contribution is 2.29. The summed E-state index contributed by atoms with van der Waals surface area (Å²) in [5, 5.41) is 7.95. The Morgan fingerprint density at radius 3 is 2.84 bits per heavy atom. The Balaban J connectivity index is 1.95. The summed E-state index contributed by atoms with van der Waals surface area (Å²) in [6, 6.07) is 0. The van der Waals surface area contributed by atoms with E-state index in [4.69, 9.17) is 22.1 Å². The molecule has 0 bridgehead atoms. The van der Waals surface area contributed by atoms with Crippen LogP contribution in [-0.2, 0) is 23.1 Å². The van der Waals surface area contributed by atoms with Gasteiger partial charge in [-0.2, -0.15) is 5.10 Å². The Bertz CT molecular complexity index is 435. The molecule has 0 spiro atoms. The highest BCUT2D eigenvalue weighted by molar-refractivity contribution is 6.31. The zero-order valence-corrected chi connectivity index (χ0v) is 11.7. The van der Waals surface area contributed by atoms with Crippen molar-refractivity contribution in [1.82, 2.24) is 15.1 Å². The molecular formula is C12H19ClN4O2. The van der Waals surface area contributed by atoms with E-state index in [0.717, 1.165) is 5.69 Å². The molecule has 1 fully saturated rings. The van der Waals surface area contributed by atoms with Gasteiger partial charge in [0, 0.05) is 33.4 Å². The Labute approximate surface area is 117 Å². The van der Waals surface area contributed by atoms with Gasteiger partial charge >= 0.3 is 0 Å². The average molecular weight is 287 g/mol. The molecular weight excluding hydrogens is 268 g/mol. The highest BCUT2D eigenvalue weighted by atomic mass is 35.5. The van der Waals surface area contributed by atoms with Crippen LogP contribution in [0.3, 0.4) is 0 Å². The zero-order valence-electron chi connectivity index (χ0n) is 11.0. The first-order chi connectivity index (χ1) is 9.05. The van der Waals surface area contributed by atoms with Crippen LogP contribution in [0.5, 0.6) is 0 Å². The maximum atomic E-state index is 11.7. The quantitative estimate of drug-likeness (QED) is 0.823. The number of ether oxygens (including phenoxy) is 1. The number of hydrogen-bond donors (Lipinski definition) is 2. The molecule has 0 saturated carbocycles. The number of nitrogens with one attached hydrogen (secondary N) is 1. The van der Waals surface area contributed by atoms with Gasteiger partial charge in [0.15, 0.2) is 0 Å². The van der Waals surface area contributed by atoms with Crippen LogP contribution < -0.4 is 11.1 Å². The summed E-state index contributed by atoms with van der Waals surface area (Å²) in [6.45, 7) is 2.26. The average Bonchev–Trinajstić information content (AvgIpc) is 2.71. The van der Waals surface area contributed by atoms with Gasteiger partial charge in [-0.1, -0.05) is 11.6 Å². The molecule has 7 heteroatoms. The Morgan fingerprint density at radius 1 is 1.63 bits per heavy atom. The van der Waals surface area contributed by atoms with Gasteiger partial charge < -0.3 is 15.8 Å². The number of carbonyl (C=O) groups excluding carboxylic acids is 1. The fourth-order valence-corrected chi connectivity index (χ4v) is 2.56. The maximum absolute atomic E-state index is 11.7. The minimum absolute atomic E-state index is 0.264. The number of nitrogens with zero attached hydrogens (tertiary/aromatic N) is 2. The number of primary amides is 1. The first kappa shape index (κ1) is 14.3. The van der Waals surface area contributed by atoms with Crippen LogP contribution in [0.4, 0.5) is 0 Å². The van der Waals surface area contributed by atoms with Crippen LogP contribution in [0.2, 0.25) is 5.02 Å². The summed E-state index contributed by atoms with van der Waals surface area (Å²) in [5.74, 6) is -0.264. The SMILES string of the molecule is Cn1ncc(Cl)c1CNCC1(C(N)=O)CCOCC1. The van der Waals surface area contributed by atoms with E-state index < -0.39 is 5.41 Å². The molecule has 6 nitrogen and oxygen atoms in total. The van der Waals surface area contributed by atoms with Gasteiger partial charge in [-0.15, -0.1) is 0 Å². The number of nitrogens with two attached hydrogens (primary N) is 1. The molecule has 0 atom stereocenters. The van der Waals surface area contributed by atoms with Crippen molar-refractivity contribution >= 4 is 17.5 Å². The third-order valence-electron chi connectivity index (χ3n) is 3.74. The zero-order chi connectivity index (χ0) is 13.9. The van der Waals surface area contributed by atoms with E-state index in [-0.39, 0.29) is 5.91 Å². The summed E-state index contributed by atoms with van der Waals surface area (Å²) in [6.07, 6.45) is 2.93. The van der Waals surface area contributed by atoms with Gasteiger partial charge in [0.25, 0.3) is 0 Å². The van der Waals surface area contributed by atoms with Crippen molar-refractivity contribution in [2.75, 3.05) is 19.8 Å². The molecule has 0 unspecified atom stereocenters. The molecule has 19 heavy (non-hydrogen) atoms. The summed E-state index contributed by atoms with van der Waals surface area (Å²) >= 11 is 6.03.